The van der Waals surface area contributed by atoms with Crippen LogP contribution in [0.5, 0.6) is 0 Å². The van der Waals surface area contributed by atoms with Gasteiger partial charge < -0.3 is 5.11 Å². The summed E-state index contributed by atoms with van der Waals surface area (Å²) in [6.45, 7) is 8.60. The number of fused-ring (bicyclic) bond motifs is 1. The maximum Gasteiger partial charge on any atom is 0.175 e. The Balaban J connectivity index is 1.60. The van der Waals surface area contributed by atoms with Crippen molar-refractivity contribution in [1.29, 1.82) is 0 Å². The molecule has 3 aromatic carbocycles. The lowest BCUT2D eigenvalue weighted by Gasteiger charge is -2.11. The highest BCUT2D eigenvalue weighted by molar-refractivity contribution is 7.90. The summed E-state index contributed by atoms with van der Waals surface area (Å²) in [4.78, 5) is 0.294. The first-order chi connectivity index (χ1) is 18.0. The minimum Gasteiger partial charge on any atom is -0.386 e. The smallest absolute Gasteiger partial charge is 0.175 e. The molecule has 8 heteroatoms. The van der Waals surface area contributed by atoms with Crippen molar-refractivity contribution in [1.82, 2.24) is 19.6 Å². The molecular formula is C30H32N4O3S. The zero-order valence-corrected chi connectivity index (χ0v) is 23.1. The molecule has 0 bridgehead atoms. The molecule has 196 valence electrons. The average Bonchev–Trinajstić information content (AvgIpc) is 3.44. The summed E-state index contributed by atoms with van der Waals surface area (Å²) in [6.07, 6.45) is 2.52. The maximum absolute atomic E-state index is 12.1. The molecule has 38 heavy (non-hydrogen) atoms. The van der Waals surface area contributed by atoms with E-state index in [1.54, 1.807) is 16.8 Å². The van der Waals surface area contributed by atoms with E-state index < -0.39 is 15.9 Å². The van der Waals surface area contributed by atoms with Crippen LogP contribution in [0.4, 0.5) is 0 Å². The summed E-state index contributed by atoms with van der Waals surface area (Å²) in [7, 11) is -3.30. The second-order valence-electron chi connectivity index (χ2n) is 10.2. The Kier molecular flexibility index (Phi) is 6.71. The highest BCUT2D eigenvalue weighted by Gasteiger charge is 2.23. The number of aliphatic hydroxyl groups is 1. The number of benzene rings is 3. The number of hydrogen-bond acceptors (Lipinski definition) is 5. The topological polar surface area (TPSA) is 90.0 Å². The van der Waals surface area contributed by atoms with Crippen LogP contribution < -0.4 is 0 Å². The number of aliphatic hydroxyl groups excluding tert-OH is 1. The highest BCUT2D eigenvalue weighted by Crippen LogP contribution is 2.37. The monoisotopic (exact) mass is 528 g/mol. The number of rotatable bonds is 7. The molecular weight excluding hydrogens is 496 g/mol. The molecule has 1 unspecified atom stereocenters. The van der Waals surface area contributed by atoms with Crippen LogP contribution >= 0.6 is 0 Å². The van der Waals surface area contributed by atoms with Crippen molar-refractivity contribution in [2.24, 2.45) is 0 Å². The molecule has 2 heterocycles. The second kappa shape index (κ2) is 9.85. The summed E-state index contributed by atoms with van der Waals surface area (Å²) in [5, 5.41) is 21.5. The van der Waals surface area contributed by atoms with E-state index in [2.05, 4.69) is 26.8 Å². The molecule has 0 fully saturated rings. The third-order valence-corrected chi connectivity index (χ3v) is 8.07. The maximum atomic E-state index is 12.1. The van der Waals surface area contributed by atoms with Gasteiger partial charge in [0.25, 0.3) is 0 Å². The lowest BCUT2D eigenvalue weighted by atomic mass is 9.95. The molecule has 0 amide bonds. The van der Waals surface area contributed by atoms with Gasteiger partial charge >= 0.3 is 0 Å². The van der Waals surface area contributed by atoms with Gasteiger partial charge in [0.2, 0.25) is 0 Å². The molecule has 7 nitrogen and oxygen atoms in total. The normalized spacial score (nSPS) is 12.9. The molecule has 5 rings (SSSR count). The van der Waals surface area contributed by atoms with Crippen LogP contribution in [0.3, 0.4) is 0 Å². The van der Waals surface area contributed by atoms with Crippen molar-refractivity contribution < 1.29 is 13.5 Å². The van der Waals surface area contributed by atoms with Crippen molar-refractivity contribution in [2.45, 2.75) is 51.2 Å². The molecule has 5 aromatic rings. The van der Waals surface area contributed by atoms with Gasteiger partial charge in [-0.3, -0.25) is 4.68 Å². The number of hydrogen-bond donors (Lipinski definition) is 1. The van der Waals surface area contributed by atoms with Gasteiger partial charge in [0.05, 0.1) is 34.4 Å². The molecule has 0 radical (unpaired) electrons. The van der Waals surface area contributed by atoms with Gasteiger partial charge in [-0.25, -0.2) is 13.1 Å². The fraction of sp³-hybridized carbons (Fsp3) is 0.267. The van der Waals surface area contributed by atoms with Crippen LogP contribution in [0.15, 0.2) is 77.8 Å². The van der Waals surface area contributed by atoms with E-state index in [0.717, 1.165) is 50.2 Å². The predicted molar refractivity (Wildman–Crippen MR) is 150 cm³/mol. The highest BCUT2D eigenvalue weighted by atomic mass is 32.2. The Labute approximate surface area is 223 Å². The number of sulfone groups is 1. The molecule has 1 atom stereocenters. The van der Waals surface area contributed by atoms with Gasteiger partial charge in [-0.1, -0.05) is 56.3 Å². The zero-order valence-electron chi connectivity index (χ0n) is 22.3. The molecule has 0 aliphatic rings. The molecule has 1 N–H and O–H groups in total. The van der Waals surface area contributed by atoms with Crippen molar-refractivity contribution in [2.75, 3.05) is 6.26 Å². The quantitative estimate of drug-likeness (QED) is 0.290. The Morgan fingerprint density at radius 2 is 1.68 bits per heavy atom. The van der Waals surface area contributed by atoms with Crippen molar-refractivity contribution in [3.63, 3.8) is 0 Å². The fourth-order valence-corrected chi connectivity index (χ4v) is 5.79. The van der Waals surface area contributed by atoms with Crippen molar-refractivity contribution in [3.05, 3.63) is 95.3 Å². The Hall–Kier alpha value is -3.75. The van der Waals surface area contributed by atoms with Crippen LogP contribution in [0.25, 0.3) is 27.8 Å². The van der Waals surface area contributed by atoms with Crippen LogP contribution in [0.1, 0.15) is 48.3 Å². The van der Waals surface area contributed by atoms with Crippen molar-refractivity contribution in [3.8, 4) is 16.9 Å². The van der Waals surface area contributed by atoms with E-state index in [-0.39, 0.29) is 5.92 Å². The fourth-order valence-electron chi connectivity index (χ4n) is 5.09. The minimum atomic E-state index is -3.30. The van der Waals surface area contributed by atoms with Gasteiger partial charge in [0, 0.05) is 34.7 Å². The van der Waals surface area contributed by atoms with Gasteiger partial charge in [-0.15, -0.1) is 0 Å². The third-order valence-electron chi connectivity index (χ3n) is 6.96. The molecule has 0 aliphatic carbocycles. The summed E-state index contributed by atoms with van der Waals surface area (Å²) < 4.78 is 27.8. The second-order valence-corrected chi connectivity index (χ2v) is 12.2. The average molecular weight is 529 g/mol. The largest absolute Gasteiger partial charge is 0.386 e. The zero-order chi connectivity index (χ0) is 27.2. The van der Waals surface area contributed by atoms with Gasteiger partial charge in [0.15, 0.2) is 9.84 Å². The lowest BCUT2D eigenvalue weighted by molar-refractivity contribution is 0.152. The number of aromatic nitrogens is 4. The summed E-state index contributed by atoms with van der Waals surface area (Å²) in [6, 6.07) is 20.7. The van der Waals surface area contributed by atoms with E-state index in [1.165, 1.54) is 6.26 Å². The van der Waals surface area contributed by atoms with E-state index in [4.69, 9.17) is 10.2 Å². The Morgan fingerprint density at radius 1 is 0.947 bits per heavy atom. The van der Waals surface area contributed by atoms with E-state index >= 15 is 0 Å². The van der Waals surface area contributed by atoms with Crippen LogP contribution in [0.2, 0.25) is 0 Å². The van der Waals surface area contributed by atoms with Crippen LogP contribution in [-0.4, -0.2) is 39.3 Å². The molecule has 0 aliphatic heterocycles. The SMILES string of the molecule is Cc1cc(S(C)(=O)=O)ccc1-n1nc(-c2cccc3nn(CC(O)c4ccccc4)cc23)c(C(C)C)c1C. The predicted octanol–water partition coefficient (Wildman–Crippen LogP) is 5.77. The van der Waals surface area contributed by atoms with E-state index in [0.29, 0.717) is 11.4 Å². The number of nitrogens with zero attached hydrogens (tertiary/aromatic N) is 4. The summed E-state index contributed by atoms with van der Waals surface area (Å²) in [5.41, 5.74) is 7.34. The molecule has 0 spiro atoms. The van der Waals surface area contributed by atoms with Gasteiger partial charge in [-0.05, 0) is 55.2 Å². The first-order valence-corrected chi connectivity index (χ1v) is 14.5. The minimum absolute atomic E-state index is 0.208. The van der Waals surface area contributed by atoms with Gasteiger partial charge in [0.1, 0.15) is 0 Å². The van der Waals surface area contributed by atoms with Gasteiger partial charge in [-0.2, -0.15) is 10.2 Å². The summed E-state index contributed by atoms with van der Waals surface area (Å²) >= 11 is 0. The van der Waals surface area contributed by atoms with Crippen molar-refractivity contribution >= 4 is 20.7 Å². The Bertz CT molecular complexity index is 1730. The lowest BCUT2D eigenvalue weighted by Crippen LogP contribution is -2.08. The molecule has 2 aromatic heterocycles. The first kappa shape index (κ1) is 25.9. The standard InChI is InChI=1S/C30H32N4O3S/c1-19(2)29-21(4)34(27-15-14-23(16-20(27)3)38(5,36)37)32-30(29)24-12-9-13-26-25(24)17-33(31-26)18-28(35)22-10-7-6-8-11-22/h6-17,19,28,35H,18H2,1-5H3. The van der Waals surface area contributed by atoms with E-state index in [9.17, 15) is 13.5 Å². The van der Waals surface area contributed by atoms with E-state index in [1.807, 2.05) is 66.3 Å². The van der Waals surface area contributed by atoms with Crippen LogP contribution in [0, 0.1) is 13.8 Å². The summed E-state index contributed by atoms with van der Waals surface area (Å²) in [5.74, 6) is 0.208. The van der Waals surface area contributed by atoms with Crippen LogP contribution in [-0.2, 0) is 16.4 Å². The third kappa shape index (κ3) is 4.77. The molecule has 0 saturated heterocycles. The molecule has 0 saturated carbocycles. The first-order valence-electron chi connectivity index (χ1n) is 12.6. The number of aryl methyl sites for hydroxylation is 1. The Morgan fingerprint density at radius 3 is 2.34 bits per heavy atom.